The summed E-state index contributed by atoms with van der Waals surface area (Å²) in [6.45, 7) is 0.711. The average molecular weight is 276 g/mol. The summed E-state index contributed by atoms with van der Waals surface area (Å²) in [5.74, 6) is 0. The Morgan fingerprint density at radius 3 is 2.95 bits per heavy atom. The van der Waals surface area contributed by atoms with Crippen molar-refractivity contribution in [1.82, 2.24) is 9.97 Å². The van der Waals surface area contributed by atoms with Gasteiger partial charge in [-0.15, -0.1) is 0 Å². The number of allylic oxidation sites excluding steroid dienone is 1. The van der Waals surface area contributed by atoms with E-state index < -0.39 is 0 Å². The molecule has 4 nitrogen and oxygen atoms in total. The molecule has 4 rings (SSSR count). The number of aromatic amines is 1. The first-order chi connectivity index (χ1) is 10.4. The van der Waals surface area contributed by atoms with E-state index in [1.807, 2.05) is 12.4 Å². The molecule has 0 spiro atoms. The number of hydrogen-bond donors (Lipinski definition) is 1. The van der Waals surface area contributed by atoms with Crippen LogP contribution in [-0.4, -0.2) is 22.7 Å². The minimum Gasteiger partial charge on any atom is -0.356 e. The third-order valence-electron chi connectivity index (χ3n) is 4.44. The molecule has 21 heavy (non-hydrogen) atoms. The minimum absolute atomic E-state index is 0.503. The van der Waals surface area contributed by atoms with Crippen LogP contribution in [0, 0.1) is 11.3 Å². The molecule has 0 bridgehead atoms. The molecule has 1 aliphatic heterocycles. The number of rotatable bonds is 1. The van der Waals surface area contributed by atoms with Crippen molar-refractivity contribution in [2.45, 2.75) is 32.1 Å². The van der Waals surface area contributed by atoms with Gasteiger partial charge in [0.15, 0.2) is 5.69 Å². The number of aliphatic imine (C=N–C) groups is 1. The number of aryl methyl sites for hydroxylation is 2. The Balaban J connectivity index is 2.01. The molecule has 0 fully saturated rings. The van der Waals surface area contributed by atoms with E-state index in [4.69, 9.17) is 0 Å². The normalized spacial score (nSPS) is 17.4. The van der Waals surface area contributed by atoms with E-state index in [1.165, 1.54) is 35.1 Å². The maximum Gasteiger partial charge on any atom is 0.164 e. The standard InChI is InChI=1S/C17H16N4/c18-8-15-17-16(12-5-1-2-6-14(12)21-17)13(10-20-15)11-4-3-7-19-9-11/h4,7,10,21H,1-3,5-6,9H2. The number of hydrogen-bond acceptors (Lipinski definition) is 3. The summed E-state index contributed by atoms with van der Waals surface area (Å²) in [6, 6.07) is 2.22. The first-order valence-corrected chi connectivity index (χ1v) is 7.48. The average Bonchev–Trinajstić information content (AvgIpc) is 2.94. The Hall–Kier alpha value is -2.41. The van der Waals surface area contributed by atoms with Crippen molar-refractivity contribution >= 4 is 22.7 Å². The molecule has 104 valence electrons. The van der Waals surface area contributed by atoms with Gasteiger partial charge < -0.3 is 4.98 Å². The molecule has 1 aliphatic carbocycles. The largest absolute Gasteiger partial charge is 0.356 e. The Bertz CT molecular complexity index is 817. The smallest absolute Gasteiger partial charge is 0.164 e. The molecule has 0 radical (unpaired) electrons. The van der Waals surface area contributed by atoms with E-state index in [-0.39, 0.29) is 0 Å². The number of nitrogens with zero attached hydrogens (tertiary/aromatic N) is 3. The predicted molar refractivity (Wildman–Crippen MR) is 83.4 cm³/mol. The van der Waals surface area contributed by atoms with Gasteiger partial charge >= 0.3 is 0 Å². The molecular weight excluding hydrogens is 260 g/mol. The number of H-pyrrole nitrogens is 1. The van der Waals surface area contributed by atoms with Crippen LogP contribution in [0.5, 0.6) is 0 Å². The van der Waals surface area contributed by atoms with Crippen LogP contribution >= 0.6 is 0 Å². The SMILES string of the molecule is N#Cc1ncc(C2=CCC=NC2)c2c3c([nH]c12)CCCC3. The molecule has 0 saturated carbocycles. The first-order valence-electron chi connectivity index (χ1n) is 7.48. The van der Waals surface area contributed by atoms with Gasteiger partial charge in [0.05, 0.1) is 12.1 Å². The Morgan fingerprint density at radius 1 is 1.24 bits per heavy atom. The Labute approximate surface area is 123 Å². The molecular formula is C17H16N4. The van der Waals surface area contributed by atoms with Crippen molar-refractivity contribution in [2.75, 3.05) is 6.54 Å². The topological polar surface area (TPSA) is 64.8 Å². The number of aromatic nitrogens is 2. The van der Waals surface area contributed by atoms with Crippen LogP contribution in [0.4, 0.5) is 0 Å². The molecule has 0 atom stereocenters. The van der Waals surface area contributed by atoms with Crippen LogP contribution in [0.25, 0.3) is 16.5 Å². The van der Waals surface area contributed by atoms with Gasteiger partial charge in [-0.2, -0.15) is 5.26 Å². The maximum atomic E-state index is 9.33. The fraction of sp³-hybridized carbons (Fsp3) is 0.353. The van der Waals surface area contributed by atoms with Crippen molar-refractivity contribution in [3.63, 3.8) is 0 Å². The monoisotopic (exact) mass is 276 g/mol. The summed E-state index contributed by atoms with van der Waals surface area (Å²) in [6.07, 6.45) is 11.5. The lowest BCUT2D eigenvalue weighted by Gasteiger charge is -2.14. The molecule has 1 N–H and O–H groups in total. The summed E-state index contributed by atoms with van der Waals surface area (Å²) >= 11 is 0. The molecule has 2 aromatic heterocycles. The second-order valence-corrected chi connectivity index (χ2v) is 5.66. The summed E-state index contributed by atoms with van der Waals surface area (Å²) in [5.41, 5.74) is 6.48. The van der Waals surface area contributed by atoms with Crippen molar-refractivity contribution < 1.29 is 0 Å². The third kappa shape index (κ3) is 1.89. The van der Waals surface area contributed by atoms with E-state index in [2.05, 4.69) is 27.1 Å². The summed E-state index contributed by atoms with van der Waals surface area (Å²) in [5, 5.41) is 10.5. The molecule has 0 amide bonds. The molecule has 4 heteroatoms. The van der Waals surface area contributed by atoms with E-state index in [0.717, 1.165) is 30.3 Å². The third-order valence-corrected chi connectivity index (χ3v) is 4.44. The Kier molecular flexibility index (Phi) is 2.85. The summed E-state index contributed by atoms with van der Waals surface area (Å²) in [7, 11) is 0. The van der Waals surface area contributed by atoms with Crippen molar-refractivity contribution in [3.8, 4) is 6.07 Å². The van der Waals surface area contributed by atoms with Crippen LogP contribution in [0.2, 0.25) is 0 Å². The van der Waals surface area contributed by atoms with Gasteiger partial charge in [-0.1, -0.05) is 6.08 Å². The zero-order valence-corrected chi connectivity index (χ0v) is 11.8. The fourth-order valence-corrected chi connectivity index (χ4v) is 3.44. The van der Waals surface area contributed by atoms with Crippen molar-refractivity contribution in [2.24, 2.45) is 4.99 Å². The van der Waals surface area contributed by atoms with Crippen LogP contribution in [0.3, 0.4) is 0 Å². The highest BCUT2D eigenvalue weighted by molar-refractivity contribution is 5.98. The maximum absolute atomic E-state index is 9.33. The molecule has 3 heterocycles. The number of nitrogens with one attached hydrogen (secondary N) is 1. The Morgan fingerprint density at radius 2 is 2.14 bits per heavy atom. The van der Waals surface area contributed by atoms with Crippen molar-refractivity contribution in [1.29, 1.82) is 5.26 Å². The lowest BCUT2D eigenvalue weighted by atomic mass is 9.91. The number of pyridine rings is 1. The van der Waals surface area contributed by atoms with Gasteiger partial charge in [-0.05, 0) is 36.8 Å². The van der Waals surface area contributed by atoms with Crippen LogP contribution in [0.15, 0.2) is 17.3 Å². The second kappa shape index (κ2) is 4.85. The highest BCUT2D eigenvalue weighted by Gasteiger charge is 2.21. The van der Waals surface area contributed by atoms with Crippen LogP contribution in [-0.2, 0) is 12.8 Å². The van der Waals surface area contributed by atoms with Crippen molar-refractivity contribution in [3.05, 3.63) is 34.8 Å². The van der Waals surface area contributed by atoms with E-state index in [9.17, 15) is 5.26 Å². The first kappa shape index (κ1) is 12.3. The predicted octanol–water partition coefficient (Wildman–Crippen LogP) is 3.17. The van der Waals surface area contributed by atoms with Gasteiger partial charge in [0, 0.05) is 35.5 Å². The number of nitriles is 1. The number of dihydropyridines is 1. The second-order valence-electron chi connectivity index (χ2n) is 5.66. The number of fused-ring (bicyclic) bond motifs is 3. The van der Waals surface area contributed by atoms with Gasteiger partial charge in [0.1, 0.15) is 6.07 Å². The van der Waals surface area contributed by atoms with Gasteiger partial charge in [0.25, 0.3) is 0 Å². The lowest BCUT2D eigenvalue weighted by Crippen LogP contribution is -2.02. The fourth-order valence-electron chi connectivity index (χ4n) is 3.44. The molecule has 0 aromatic carbocycles. The molecule has 0 unspecified atom stereocenters. The van der Waals surface area contributed by atoms with E-state index in [1.54, 1.807) is 0 Å². The van der Waals surface area contributed by atoms with Crippen LogP contribution in [0.1, 0.15) is 41.8 Å². The molecule has 0 saturated heterocycles. The molecule has 2 aromatic rings. The highest BCUT2D eigenvalue weighted by atomic mass is 14.8. The van der Waals surface area contributed by atoms with Gasteiger partial charge in [0.2, 0.25) is 0 Å². The quantitative estimate of drug-likeness (QED) is 0.869. The van der Waals surface area contributed by atoms with E-state index in [0.29, 0.717) is 12.2 Å². The van der Waals surface area contributed by atoms with Gasteiger partial charge in [-0.3, -0.25) is 4.99 Å². The zero-order chi connectivity index (χ0) is 14.2. The summed E-state index contributed by atoms with van der Waals surface area (Å²) < 4.78 is 0. The van der Waals surface area contributed by atoms with Crippen LogP contribution < -0.4 is 0 Å². The van der Waals surface area contributed by atoms with E-state index >= 15 is 0 Å². The zero-order valence-electron chi connectivity index (χ0n) is 11.8. The lowest BCUT2D eigenvalue weighted by molar-refractivity contribution is 0.680. The molecule has 2 aliphatic rings. The van der Waals surface area contributed by atoms with Gasteiger partial charge in [-0.25, -0.2) is 4.98 Å². The highest BCUT2D eigenvalue weighted by Crippen LogP contribution is 2.35. The summed E-state index contributed by atoms with van der Waals surface area (Å²) in [4.78, 5) is 12.2. The minimum atomic E-state index is 0.503.